The number of amides is 4. The van der Waals surface area contributed by atoms with Crippen LogP contribution in [0.1, 0.15) is 98.4 Å². The van der Waals surface area contributed by atoms with E-state index in [4.69, 9.17) is 14.5 Å². The number of fused-ring (bicyclic) bond motifs is 4. The maximum absolute atomic E-state index is 13.4. The summed E-state index contributed by atoms with van der Waals surface area (Å²) in [7, 11) is 0. The van der Waals surface area contributed by atoms with Gasteiger partial charge in [0.15, 0.2) is 0 Å². The van der Waals surface area contributed by atoms with Crippen LogP contribution in [0.2, 0.25) is 0 Å². The molecule has 268 valence electrons. The quantitative estimate of drug-likeness (QED) is 0.379. The number of benzene rings is 1. The van der Waals surface area contributed by atoms with Crippen LogP contribution >= 0.6 is 0 Å². The molecule has 3 N–H and O–H groups in total. The van der Waals surface area contributed by atoms with Gasteiger partial charge in [0.05, 0.1) is 11.2 Å². The molecule has 0 spiro atoms. The summed E-state index contributed by atoms with van der Waals surface area (Å²) in [5, 5.41) is 7.81. The maximum Gasteiger partial charge on any atom is 0.410 e. The summed E-state index contributed by atoms with van der Waals surface area (Å²) in [5.74, 6) is -2.01. The Balaban J connectivity index is 1.64. The summed E-state index contributed by atoms with van der Waals surface area (Å²) in [6.45, 7) is 14.9. The molecule has 3 heterocycles. The van der Waals surface area contributed by atoms with Gasteiger partial charge in [0, 0.05) is 30.9 Å². The molecule has 1 aromatic carbocycles. The zero-order valence-corrected chi connectivity index (χ0v) is 30.0. The zero-order chi connectivity index (χ0) is 36.0. The molecule has 5 atom stereocenters. The lowest BCUT2D eigenvalue weighted by Gasteiger charge is -2.35. The number of carbonyl (C=O) groups is 5. The minimum absolute atomic E-state index is 0.0764. The summed E-state index contributed by atoms with van der Waals surface area (Å²) in [5.41, 5.74) is 4.52. The lowest BCUT2D eigenvalue weighted by atomic mass is 10.0. The van der Waals surface area contributed by atoms with Gasteiger partial charge in [-0.1, -0.05) is 32.0 Å². The Bertz CT molecular complexity index is 1540. The van der Waals surface area contributed by atoms with E-state index in [2.05, 4.69) is 16.1 Å². The Morgan fingerprint density at radius 1 is 1.00 bits per heavy atom. The zero-order valence-electron chi connectivity index (χ0n) is 30.0. The molecule has 1 unspecified atom stereocenters. The van der Waals surface area contributed by atoms with Crippen molar-refractivity contribution in [3.63, 3.8) is 0 Å². The highest BCUT2D eigenvalue weighted by atomic mass is 16.6. The van der Waals surface area contributed by atoms with E-state index in [1.807, 2.05) is 51.1 Å². The van der Waals surface area contributed by atoms with E-state index in [0.717, 1.165) is 16.5 Å². The highest BCUT2D eigenvalue weighted by Crippen LogP contribution is 2.24. The largest absolute Gasteiger partial charge is 0.455 e. The molecule has 2 aromatic rings. The predicted octanol–water partition coefficient (Wildman–Crippen LogP) is 3.94. The van der Waals surface area contributed by atoms with Crippen molar-refractivity contribution in [2.45, 2.75) is 123 Å². The maximum atomic E-state index is 13.4. The van der Waals surface area contributed by atoms with Crippen molar-refractivity contribution >= 4 is 40.7 Å². The van der Waals surface area contributed by atoms with Crippen LogP contribution in [-0.2, 0) is 35.1 Å². The molecule has 1 aromatic heterocycles. The molecule has 13 heteroatoms. The first-order valence-electron chi connectivity index (χ1n) is 17.3. The molecule has 2 aliphatic rings. The molecular formula is C36H52N6O7. The highest BCUT2D eigenvalue weighted by Gasteiger charge is 2.34. The molecular weight excluding hydrogens is 628 g/mol. The van der Waals surface area contributed by atoms with E-state index in [-0.39, 0.29) is 30.8 Å². The summed E-state index contributed by atoms with van der Waals surface area (Å²) in [4.78, 5) is 72.8. The average molecular weight is 681 g/mol. The Labute approximate surface area is 288 Å². The lowest BCUT2D eigenvalue weighted by molar-refractivity contribution is -0.157. The van der Waals surface area contributed by atoms with E-state index >= 15 is 0 Å². The van der Waals surface area contributed by atoms with E-state index in [0.29, 0.717) is 37.9 Å². The van der Waals surface area contributed by atoms with Crippen molar-refractivity contribution in [2.24, 2.45) is 5.92 Å². The number of hydrazine groups is 1. The second-order valence-electron chi connectivity index (χ2n) is 14.5. The van der Waals surface area contributed by atoms with Crippen LogP contribution in [0.5, 0.6) is 0 Å². The molecule has 49 heavy (non-hydrogen) atoms. The number of hydrogen-bond donors (Lipinski definition) is 3. The number of nitrogens with one attached hydrogen (secondary N) is 3. The SMILES string of the molecule is CC(C)[C@@H]1NC(=O)CCCN(C(=O)OC(C)(C)C)C(C)Cc2ccc3ccc(nc3c2)[C@@H](C)OC(=O)[C@@H]2CCCN(N2)C(=O)[C@H](C)NC1=O. The summed E-state index contributed by atoms with van der Waals surface area (Å²) in [6.07, 6.45) is 0.844. The first-order valence-corrected chi connectivity index (χ1v) is 17.3. The normalized spacial score (nSPS) is 25.5. The fraction of sp³-hybridized carbons (Fsp3) is 0.611. The van der Waals surface area contributed by atoms with Gasteiger partial charge < -0.3 is 25.0 Å². The number of cyclic esters (lactones) is 1. The Morgan fingerprint density at radius 3 is 2.41 bits per heavy atom. The van der Waals surface area contributed by atoms with Crippen LogP contribution in [0.15, 0.2) is 30.3 Å². The number of carbonyl (C=O) groups excluding carboxylic acids is 5. The Morgan fingerprint density at radius 2 is 1.71 bits per heavy atom. The predicted molar refractivity (Wildman–Crippen MR) is 184 cm³/mol. The van der Waals surface area contributed by atoms with Gasteiger partial charge in [-0.05, 0) is 90.8 Å². The van der Waals surface area contributed by atoms with Gasteiger partial charge in [-0.3, -0.25) is 24.2 Å². The van der Waals surface area contributed by atoms with Gasteiger partial charge in [0.1, 0.15) is 29.8 Å². The van der Waals surface area contributed by atoms with Crippen molar-refractivity contribution in [1.29, 1.82) is 0 Å². The monoisotopic (exact) mass is 680 g/mol. The van der Waals surface area contributed by atoms with Crippen LogP contribution < -0.4 is 16.1 Å². The number of hydrogen-bond acceptors (Lipinski definition) is 9. The molecule has 13 nitrogen and oxygen atoms in total. The molecule has 1 saturated heterocycles. The van der Waals surface area contributed by atoms with E-state index < -0.39 is 53.7 Å². The third-order valence-electron chi connectivity index (χ3n) is 8.71. The average Bonchev–Trinajstić information content (AvgIpc) is 3.03. The topological polar surface area (TPSA) is 159 Å². The third kappa shape index (κ3) is 10.1. The Hall–Kier alpha value is -4.26. The van der Waals surface area contributed by atoms with Crippen molar-refractivity contribution in [2.75, 3.05) is 13.1 Å². The van der Waals surface area contributed by atoms with Gasteiger partial charge in [0.25, 0.3) is 5.91 Å². The van der Waals surface area contributed by atoms with Crippen LogP contribution in [-0.4, -0.2) is 87.5 Å². The number of ether oxygens (including phenoxy) is 2. The van der Waals surface area contributed by atoms with Crippen LogP contribution in [0, 0.1) is 5.92 Å². The number of pyridine rings is 1. The smallest absolute Gasteiger partial charge is 0.410 e. The van der Waals surface area contributed by atoms with Crippen molar-refractivity contribution in [1.82, 2.24) is 31.0 Å². The van der Waals surface area contributed by atoms with E-state index in [9.17, 15) is 24.0 Å². The summed E-state index contributed by atoms with van der Waals surface area (Å²) in [6, 6.07) is 6.85. The first-order chi connectivity index (χ1) is 23.0. The molecule has 4 rings (SSSR count). The van der Waals surface area contributed by atoms with Gasteiger partial charge in [-0.25, -0.2) is 15.2 Å². The van der Waals surface area contributed by atoms with E-state index in [1.165, 1.54) is 5.01 Å². The second kappa shape index (κ2) is 16.0. The number of esters is 1. The van der Waals surface area contributed by atoms with E-state index in [1.54, 1.807) is 39.5 Å². The van der Waals surface area contributed by atoms with Gasteiger partial charge in [-0.15, -0.1) is 0 Å². The lowest BCUT2D eigenvalue weighted by Crippen LogP contribution is -2.61. The molecule has 4 amide bonds. The first kappa shape index (κ1) is 37.6. The second-order valence-corrected chi connectivity index (χ2v) is 14.5. The molecule has 0 aliphatic carbocycles. The number of aromatic nitrogens is 1. The Kier molecular flexibility index (Phi) is 12.2. The van der Waals surface area contributed by atoms with Gasteiger partial charge in [0.2, 0.25) is 11.8 Å². The van der Waals surface area contributed by atoms with Gasteiger partial charge >= 0.3 is 12.1 Å². The van der Waals surface area contributed by atoms with Gasteiger partial charge in [-0.2, -0.15) is 0 Å². The minimum Gasteiger partial charge on any atom is -0.455 e. The standard InChI is InChI=1S/C36H52N6O7/c1-21(2)31-32(44)37-23(4)33(45)42-18-9-11-28(40-42)34(46)48-24(5)27-16-15-26-14-13-25(20-29(26)38-27)19-22(3)41(17-10-12-30(43)39-31)35(47)49-36(6,7)8/h13-16,20-24,28,31,40H,9-12,17-19H2,1-8H3,(H,37,44)(H,39,43)/t22?,23-,24+,28-,31-/m0/s1. The molecule has 5 bridgehead atoms. The van der Waals surface area contributed by atoms with Crippen LogP contribution in [0.4, 0.5) is 4.79 Å². The molecule has 0 radical (unpaired) electrons. The summed E-state index contributed by atoms with van der Waals surface area (Å²) >= 11 is 0. The van der Waals surface area contributed by atoms with Crippen LogP contribution in [0.25, 0.3) is 10.9 Å². The number of rotatable bonds is 1. The van der Waals surface area contributed by atoms with Crippen molar-refractivity contribution in [3.8, 4) is 0 Å². The van der Waals surface area contributed by atoms with Crippen molar-refractivity contribution < 1.29 is 33.4 Å². The fourth-order valence-electron chi connectivity index (χ4n) is 6.02. The molecule has 0 saturated carbocycles. The van der Waals surface area contributed by atoms with Crippen molar-refractivity contribution in [3.05, 3.63) is 41.6 Å². The summed E-state index contributed by atoms with van der Waals surface area (Å²) < 4.78 is 11.5. The fourth-order valence-corrected chi connectivity index (χ4v) is 6.02. The molecule has 2 aliphatic heterocycles. The highest BCUT2D eigenvalue weighted by molar-refractivity contribution is 5.92. The molecule has 1 fully saturated rings. The van der Waals surface area contributed by atoms with Crippen LogP contribution in [0.3, 0.4) is 0 Å². The number of nitrogens with zero attached hydrogens (tertiary/aromatic N) is 3. The third-order valence-corrected chi connectivity index (χ3v) is 8.71. The minimum atomic E-state index is -0.923.